The van der Waals surface area contributed by atoms with E-state index < -0.39 is 17.7 Å². The number of carbonyl (C=O) groups excluding carboxylic acids is 2. The van der Waals surface area contributed by atoms with E-state index in [0.717, 1.165) is 5.56 Å². The lowest BCUT2D eigenvalue weighted by molar-refractivity contribution is -0.140. The van der Waals surface area contributed by atoms with Gasteiger partial charge in [0.05, 0.1) is 29.0 Å². The predicted octanol–water partition coefficient (Wildman–Crippen LogP) is 3.51. The smallest absolute Gasteiger partial charge is 0.295 e. The van der Waals surface area contributed by atoms with Crippen molar-refractivity contribution in [3.63, 3.8) is 0 Å². The number of halogens is 1. The van der Waals surface area contributed by atoms with Crippen molar-refractivity contribution in [2.75, 3.05) is 27.4 Å². The summed E-state index contributed by atoms with van der Waals surface area (Å²) in [4.78, 5) is 31.5. The van der Waals surface area contributed by atoms with Gasteiger partial charge < -0.3 is 19.5 Å². The number of aromatic nitrogens is 1. The van der Waals surface area contributed by atoms with Gasteiger partial charge in [-0.1, -0.05) is 17.7 Å². The molecule has 1 saturated heterocycles. The number of nitrogens with zero attached hydrogens (tertiary/aromatic N) is 2. The van der Waals surface area contributed by atoms with Gasteiger partial charge in [-0.15, -0.1) is 0 Å². The molecule has 158 valence electrons. The van der Waals surface area contributed by atoms with E-state index in [2.05, 4.69) is 4.98 Å². The van der Waals surface area contributed by atoms with Crippen LogP contribution in [0.25, 0.3) is 5.76 Å². The highest BCUT2D eigenvalue weighted by molar-refractivity contribution is 6.46. The maximum absolute atomic E-state index is 13.0. The maximum Gasteiger partial charge on any atom is 0.295 e. The predicted molar refractivity (Wildman–Crippen MR) is 112 cm³/mol. The van der Waals surface area contributed by atoms with Gasteiger partial charge in [-0.25, -0.2) is 0 Å². The average Bonchev–Trinajstić information content (AvgIpc) is 2.98. The van der Waals surface area contributed by atoms with E-state index in [1.54, 1.807) is 43.6 Å². The second-order valence-corrected chi connectivity index (χ2v) is 7.33. The Hall–Kier alpha value is -2.90. The Balaban J connectivity index is 2.20. The van der Waals surface area contributed by atoms with E-state index in [4.69, 9.17) is 21.1 Å². The molecule has 1 atom stereocenters. The number of aliphatic hydroxyl groups is 1. The fourth-order valence-corrected chi connectivity index (χ4v) is 3.94. The van der Waals surface area contributed by atoms with Crippen LogP contribution in [0.4, 0.5) is 0 Å². The first kappa shape index (κ1) is 21.8. The van der Waals surface area contributed by atoms with Crippen LogP contribution in [0.2, 0.25) is 5.02 Å². The van der Waals surface area contributed by atoms with Crippen LogP contribution >= 0.6 is 11.6 Å². The Bertz CT molecular complexity index is 991. The average molecular weight is 431 g/mol. The van der Waals surface area contributed by atoms with Crippen molar-refractivity contribution in [1.29, 1.82) is 0 Å². The Morgan fingerprint density at radius 1 is 1.27 bits per heavy atom. The first-order chi connectivity index (χ1) is 14.4. The number of methoxy groups -OCH3 is 2. The van der Waals surface area contributed by atoms with Gasteiger partial charge >= 0.3 is 0 Å². The molecule has 1 fully saturated rings. The monoisotopic (exact) mass is 430 g/mol. The van der Waals surface area contributed by atoms with Crippen molar-refractivity contribution in [3.05, 3.63) is 63.9 Å². The lowest BCUT2D eigenvalue weighted by Gasteiger charge is -2.24. The second-order valence-electron chi connectivity index (χ2n) is 6.92. The summed E-state index contributed by atoms with van der Waals surface area (Å²) in [5.74, 6) is -1.59. The van der Waals surface area contributed by atoms with Crippen LogP contribution < -0.4 is 4.74 Å². The van der Waals surface area contributed by atoms with Crippen LogP contribution in [-0.4, -0.2) is 54.1 Å². The first-order valence-electron chi connectivity index (χ1n) is 9.43. The largest absolute Gasteiger partial charge is 0.507 e. The second kappa shape index (κ2) is 9.28. The number of amides is 1. The number of pyridine rings is 1. The molecule has 0 aliphatic carbocycles. The summed E-state index contributed by atoms with van der Waals surface area (Å²) in [5, 5.41) is 11.5. The topological polar surface area (TPSA) is 89.0 Å². The Morgan fingerprint density at radius 3 is 2.67 bits per heavy atom. The lowest BCUT2D eigenvalue weighted by Crippen LogP contribution is -2.31. The summed E-state index contributed by atoms with van der Waals surface area (Å²) in [6, 6.07) is 7.75. The number of benzene rings is 1. The molecule has 1 unspecified atom stereocenters. The van der Waals surface area contributed by atoms with Crippen molar-refractivity contribution >= 4 is 29.1 Å². The minimum atomic E-state index is -0.827. The van der Waals surface area contributed by atoms with E-state index >= 15 is 0 Å². The molecule has 1 N–H and O–H groups in total. The van der Waals surface area contributed by atoms with E-state index in [1.807, 2.05) is 6.92 Å². The molecular formula is C22H23ClN2O5. The van der Waals surface area contributed by atoms with Gasteiger partial charge in [0.1, 0.15) is 17.6 Å². The van der Waals surface area contributed by atoms with Crippen molar-refractivity contribution in [2.45, 2.75) is 19.4 Å². The SMILES string of the molecule is COCCCN1C(=O)C(=O)/C(=C(/O)c2cc(C)cc(Cl)c2OC)C1c1ccccn1. The molecule has 0 saturated carbocycles. The van der Waals surface area contributed by atoms with E-state index in [-0.39, 0.29) is 29.2 Å². The third-order valence-electron chi connectivity index (χ3n) is 4.90. The van der Waals surface area contributed by atoms with Crippen LogP contribution in [-0.2, 0) is 14.3 Å². The number of rotatable bonds is 7. The molecule has 1 aromatic carbocycles. The quantitative estimate of drug-likeness (QED) is 0.313. The van der Waals surface area contributed by atoms with Crippen molar-refractivity contribution in [2.24, 2.45) is 0 Å². The number of Topliss-reactive ketones (excluding diaryl/α,β-unsaturated/α-hetero) is 1. The molecule has 1 aromatic heterocycles. The highest BCUT2D eigenvalue weighted by Crippen LogP contribution is 2.42. The molecule has 2 aromatic rings. The third kappa shape index (κ3) is 4.04. The number of hydrogen-bond acceptors (Lipinski definition) is 6. The number of aliphatic hydroxyl groups excluding tert-OH is 1. The summed E-state index contributed by atoms with van der Waals surface area (Å²) >= 11 is 6.27. The molecule has 2 heterocycles. The number of aryl methyl sites for hydroxylation is 1. The van der Waals surface area contributed by atoms with Crippen LogP contribution in [0.1, 0.15) is 29.3 Å². The minimum absolute atomic E-state index is 0.0453. The summed E-state index contributed by atoms with van der Waals surface area (Å²) in [5.41, 5.74) is 1.45. The van der Waals surface area contributed by atoms with E-state index in [1.165, 1.54) is 12.0 Å². The van der Waals surface area contributed by atoms with Crippen LogP contribution in [0.15, 0.2) is 42.1 Å². The summed E-state index contributed by atoms with van der Waals surface area (Å²) in [7, 11) is 2.99. The fourth-order valence-electron chi connectivity index (χ4n) is 3.59. The van der Waals surface area contributed by atoms with Gasteiger partial charge in [0.25, 0.3) is 11.7 Å². The van der Waals surface area contributed by atoms with Gasteiger partial charge in [-0.2, -0.15) is 0 Å². The van der Waals surface area contributed by atoms with E-state index in [0.29, 0.717) is 23.7 Å². The molecule has 1 aliphatic heterocycles. The highest BCUT2D eigenvalue weighted by Gasteiger charge is 2.46. The summed E-state index contributed by atoms with van der Waals surface area (Å²) in [6.45, 7) is 2.52. The van der Waals surface area contributed by atoms with Gasteiger partial charge in [-0.05, 0) is 43.2 Å². The van der Waals surface area contributed by atoms with Crippen LogP contribution in [0.5, 0.6) is 5.75 Å². The van der Waals surface area contributed by atoms with Gasteiger partial charge in [-0.3, -0.25) is 14.6 Å². The van der Waals surface area contributed by atoms with Gasteiger partial charge in [0.15, 0.2) is 0 Å². The molecule has 1 aliphatic rings. The molecular weight excluding hydrogens is 408 g/mol. The first-order valence-corrected chi connectivity index (χ1v) is 9.81. The lowest BCUT2D eigenvalue weighted by atomic mass is 9.97. The molecule has 7 nitrogen and oxygen atoms in total. The number of ketones is 1. The minimum Gasteiger partial charge on any atom is -0.507 e. The fraction of sp³-hybridized carbons (Fsp3) is 0.318. The van der Waals surface area contributed by atoms with Crippen LogP contribution in [0.3, 0.4) is 0 Å². The third-order valence-corrected chi connectivity index (χ3v) is 5.18. The summed E-state index contributed by atoms with van der Waals surface area (Å²) in [6.07, 6.45) is 2.11. The molecule has 1 amide bonds. The molecule has 0 bridgehead atoms. The van der Waals surface area contributed by atoms with Gasteiger partial charge in [0, 0.05) is 26.5 Å². The zero-order valence-electron chi connectivity index (χ0n) is 17.0. The van der Waals surface area contributed by atoms with Crippen molar-refractivity contribution in [3.8, 4) is 5.75 Å². The molecule has 30 heavy (non-hydrogen) atoms. The molecule has 0 radical (unpaired) electrons. The molecule has 3 rings (SSSR count). The Labute approximate surface area is 179 Å². The Morgan fingerprint density at radius 2 is 2.03 bits per heavy atom. The highest BCUT2D eigenvalue weighted by atomic mass is 35.5. The van der Waals surface area contributed by atoms with Gasteiger partial charge in [0.2, 0.25) is 0 Å². The Kier molecular flexibility index (Phi) is 6.74. The van der Waals surface area contributed by atoms with Crippen LogP contribution in [0, 0.1) is 6.92 Å². The summed E-state index contributed by atoms with van der Waals surface area (Å²) < 4.78 is 10.4. The molecule has 8 heteroatoms. The van der Waals surface area contributed by atoms with Crippen molar-refractivity contribution < 1.29 is 24.2 Å². The number of carbonyl (C=O) groups is 2. The normalized spacial score (nSPS) is 18.1. The molecule has 0 spiro atoms. The zero-order valence-corrected chi connectivity index (χ0v) is 17.8. The standard InChI is InChI=1S/C22H23ClN2O5/c1-13-11-14(21(30-3)15(23)12-13)19(26)17-18(16-7-4-5-8-24-16)25(9-6-10-29-2)22(28)20(17)27/h4-5,7-8,11-12,18,26H,6,9-10H2,1-3H3/b19-17+. The number of hydrogen-bond donors (Lipinski definition) is 1. The number of likely N-dealkylation sites (tertiary alicyclic amines) is 1. The van der Waals surface area contributed by atoms with Crippen molar-refractivity contribution in [1.82, 2.24) is 9.88 Å². The zero-order chi connectivity index (χ0) is 21.8. The number of ether oxygens (including phenoxy) is 2. The van der Waals surface area contributed by atoms with E-state index in [9.17, 15) is 14.7 Å². The maximum atomic E-state index is 13.0.